The van der Waals surface area contributed by atoms with Gasteiger partial charge in [0.15, 0.2) is 0 Å². The predicted octanol–water partition coefficient (Wildman–Crippen LogP) is 2.99. The van der Waals surface area contributed by atoms with Crippen molar-refractivity contribution in [2.75, 3.05) is 6.61 Å². The van der Waals surface area contributed by atoms with Crippen molar-refractivity contribution in [3.8, 4) is 0 Å². The molecule has 5 heteroatoms. The van der Waals surface area contributed by atoms with E-state index in [9.17, 15) is 4.79 Å². The maximum absolute atomic E-state index is 12.0. The molecule has 0 unspecified atom stereocenters. The summed E-state index contributed by atoms with van der Waals surface area (Å²) in [5.74, 6) is -0.241. The van der Waals surface area contributed by atoms with Gasteiger partial charge in [0, 0.05) is 16.6 Å². The van der Waals surface area contributed by atoms with Crippen LogP contribution in [0.4, 0.5) is 0 Å². The number of hydrogen-bond donors (Lipinski definition) is 2. The minimum Gasteiger partial charge on any atom is -0.396 e. The zero-order chi connectivity index (χ0) is 13.1. The molecular weight excluding hydrogens is 305 g/mol. The smallest absolute Gasteiger partial charge is 0.253 e. The van der Waals surface area contributed by atoms with Crippen LogP contribution in [0.2, 0.25) is 5.02 Å². The maximum Gasteiger partial charge on any atom is 0.253 e. The van der Waals surface area contributed by atoms with Crippen molar-refractivity contribution in [1.82, 2.24) is 5.32 Å². The second-order valence-corrected chi connectivity index (χ2v) is 5.76. The van der Waals surface area contributed by atoms with E-state index in [1.807, 2.05) is 13.8 Å². The van der Waals surface area contributed by atoms with Gasteiger partial charge < -0.3 is 10.4 Å². The van der Waals surface area contributed by atoms with Gasteiger partial charge in [0.25, 0.3) is 5.91 Å². The Morgan fingerprint density at radius 3 is 2.76 bits per heavy atom. The van der Waals surface area contributed by atoms with Gasteiger partial charge in [0.2, 0.25) is 0 Å². The number of aliphatic hydroxyl groups excluding tert-OH is 1. The lowest BCUT2D eigenvalue weighted by Gasteiger charge is -2.25. The molecule has 1 aromatic rings. The average Bonchev–Trinajstić information content (AvgIpc) is 2.20. The Kier molecular flexibility index (Phi) is 4.98. The van der Waals surface area contributed by atoms with Gasteiger partial charge in [-0.25, -0.2) is 0 Å². The van der Waals surface area contributed by atoms with Crippen LogP contribution in [-0.4, -0.2) is 23.2 Å². The third-order valence-electron chi connectivity index (χ3n) is 2.36. The molecule has 0 aromatic heterocycles. The molecule has 1 rings (SSSR count). The number of carbonyl (C=O) groups excluding carboxylic acids is 1. The normalized spacial score (nSPS) is 11.4. The Morgan fingerprint density at radius 2 is 2.18 bits per heavy atom. The van der Waals surface area contributed by atoms with Crippen LogP contribution < -0.4 is 5.32 Å². The lowest BCUT2D eigenvalue weighted by atomic mass is 10.0. The highest BCUT2D eigenvalue weighted by atomic mass is 79.9. The van der Waals surface area contributed by atoms with Gasteiger partial charge in [-0.15, -0.1) is 0 Å². The van der Waals surface area contributed by atoms with E-state index in [4.69, 9.17) is 16.7 Å². The van der Waals surface area contributed by atoms with Crippen molar-refractivity contribution in [1.29, 1.82) is 0 Å². The van der Waals surface area contributed by atoms with Crippen molar-refractivity contribution in [3.05, 3.63) is 33.3 Å². The second-order valence-electron chi connectivity index (χ2n) is 4.44. The van der Waals surface area contributed by atoms with Gasteiger partial charge in [-0.1, -0.05) is 27.5 Å². The molecule has 0 aliphatic rings. The van der Waals surface area contributed by atoms with Crippen molar-refractivity contribution >= 4 is 33.4 Å². The van der Waals surface area contributed by atoms with Crippen LogP contribution in [-0.2, 0) is 0 Å². The number of nitrogens with one attached hydrogen (secondary N) is 1. The van der Waals surface area contributed by atoms with Gasteiger partial charge in [-0.2, -0.15) is 0 Å². The van der Waals surface area contributed by atoms with E-state index in [0.717, 1.165) is 4.47 Å². The summed E-state index contributed by atoms with van der Waals surface area (Å²) in [6.45, 7) is 3.74. The number of halogens is 2. The van der Waals surface area contributed by atoms with E-state index in [1.54, 1.807) is 18.2 Å². The number of amides is 1. The molecule has 0 spiro atoms. The van der Waals surface area contributed by atoms with E-state index in [2.05, 4.69) is 21.2 Å². The van der Waals surface area contributed by atoms with E-state index in [-0.39, 0.29) is 12.5 Å². The van der Waals surface area contributed by atoms with E-state index < -0.39 is 5.54 Å². The highest BCUT2D eigenvalue weighted by molar-refractivity contribution is 9.10. The summed E-state index contributed by atoms with van der Waals surface area (Å²) in [7, 11) is 0. The molecule has 0 saturated heterocycles. The van der Waals surface area contributed by atoms with Gasteiger partial charge in [-0.05, 0) is 38.5 Å². The first-order chi connectivity index (χ1) is 7.85. The summed E-state index contributed by atoms with van der Waals surface area (Å²) in [5.41, 5.74) is -0.0376. The fourth-order valence-corrected chi connectivity index (χ4v) is 1.95. The monoisotopic (exact) mass is 319 g/mol. The first-order valence-corrected chi connectivity index (χ1v) is 6.41. The first-order valence-electron chi connectivity index (χ1n) is 5.24. The molecule has 3 nitrogen and oxygen atoms in total. The fourth-order valence-electron chi connectivity index (χ4n) is 1.39. The van der Waals surface area contributed by atoms with Gasteiger partial charge in [-0.3, -0.25) is 4.79 Å². The molecular formula is C12H15BrClNO2. The van der Waals surface area contributed by atoms with Crippen LogP contribution in [0.15, 0.2) is 22.7 Å². The molecule has 0 aliphatic heterocycles. The van der Waals surface area contributed by atoms with E-state index >= 15 is 0 Å². The maximum atomic E-state index is 12.0. The number of rotatable bonds is 4. The number of aliphatic hydroxyl groups is 1. The van der Waals surface area contributed by atoms with Gasteiger partial charge >= 0.3 is 0 Å². The molecule has 17 heavy (non-hydrogen) atoms. The summed E-state index contributed by atoms with van der Waals surface area (Å²) in [6, 6.07) is 5.12. The highest BCUT2D eigenvalue weighted by Gasteiger charge is 2.21. The number of benzene rings is 1. The van der Waals surface area contributed by atoms with Crippen LogP contribution in [0, 0.1) is 0 Å². The first kappa shape index (κ1) is 14.5. The zero-order valence-corrected chi connectivity index (χ0v) is 12.1. The standard InChI is InChI=1S/C12H15BrClNO2/c1-12(2,5-6-16)15-11(17)9-7-8(13)3-4-10(9)14/h3-4,7,16H,5-6H2,1-2H3,(H,15,17). The van der Waals surface area contributed by atoms with Gasteiger partial charge in [0.1, 0.15) is 0 Å². The van der Waals surface area contributed by atoms with Crippen molar-refractivity contribution in [3.63, 3.8) is 0 Å². The summed E-state index contributed by atoms with van der Waals surface area (Å²) in [5, 5.41) is 12.1. The van der Waals surface area contributed by atoms with Crippen molar-refractivity contribution < 1.29 is 9.90 Å². The lowest BCUT2D eigenvalue weighted by Crippen LogP contribution is -2.44. The number of carbonyl (C=O) groups is 1. The van der Waals surface area contributed by atoms with Gasteiger partial charge in [0.05, 0.1) is 10.6 Å². The van der Waals surface area contributed by atoms with E-state index in [0.29, 0.717) is 17.0 Å². The second kappa shape index (κ2) is 5.85. The summed E-state index contributed by atoms with van der Waals surface area (Å²) in [4.78, 5) is 12.0. The average molecular weight is 321 g/mol. The Hall–Kier alpha value is -0.580. The minimum atomic E-state index is -0.461. The molecule has 0 radical (unpaired) electrons. The van der Waals surface area contributed by atoms with Crippen LogP contribution in [0.5, 0.6) is 0 Å². The molecule has 0 aliphatic carbocycles. The Balaban J connectivity index is 2.86. The van der Waals surface area contributed by atoms with Crippen LogP contribution in [0.25, 0.3) is 0 Å². The summed E-state index contributed by atoms with van der Waals surface area (Å²) >= 11 is 9.26. The van der Waals surface area contributed by atoms with Crippen molar-refractivity contribution in [2.45, 2.75) is 25.8 Å². The zero-order valence-electron chi connectivity index (χ0n) is 9.76. The largest absolute Gasteiger partial charge is 0.396 e. The van der Waals surface area contributed by atoms with Crippen LogP contribution in [0.1, 0.15) is 30.6 Å². The lowest BCUT2D eigenvalue weighted by molar-refractivity contribution is 0.0899. The molecule has 0 saturated carbocycles. The summed E-state index contributed by atoms with van der Waals surface area (Å²) in [6.07, 6.45) is 0.490. The molecule has 0 bridgehead atoms. The van der Waals surface area contributed by atoms with Crippen LogP contribution in [0.3, 0.4) is 0 Å². The predicted molar refractivity (Wildman–Crippen MR) is 72.4 cm³/mol. The highest BCUT2D eigenvalue weighted by Crippen LogP contribution is 2.21. The Bertz CT molecular complexity index is 421. The number of hydrogen-bond acceptors (Lipinski definition) is 2. The quantitative estimate of drug-likeness (QED) is 0.896. The molecule has 1 amide bonds. The molecule has 0 heterocycles. The summed E-state index contributed by atoms with van der Waals surface area (Å²) < 4.78 is 0.798. The van der Waals surface area contributed by atoms with E-state index in [1.165, 1.54) is 0 Å². The molecule has 0 fully saturated rings. The Labute approximate surface area is 114 Å². The molecule has 2 N–H and O–H groups in total. The SMILES string of the molecule is CC(C)(CCO)NC(=O)c1cc(Br)ccc1Cl. The fraction of sp³-hybridized carbons (Fsp3) is 0.417. The third-order valence-corrected chi connectivity index (χ3v) is 3.18. The minimum absolute atomic E-state index is 0.0273. The third kappa shape index (κ3) is 4.30. The molecule has 94 valence electrons. The van der Waals surface area contributed by atoms with Crippen molar-refractivity contribution in [2.24, 2.45) is 0 Å². The molecule has 0 atom stereocenters. The topological polar surface area (TPSA) is 49.3 Å². The Morgan fingerprint density at radius 1 is 1.53 bits per heavy atom. The van der Waals surface area contributed by atoms with Crippen LogP contribution >= 0.6 is 27.5 Å². The molecule has 1 aromatic carbocycles.